The van der Waals surface area contributed by atoms with E-state index >= 15 is 0 Å². The van der Waals surface area contributed by atoms with E-state index in [4.69, 9.17) is 16.6 Å². The number of phenols is 1. The minimum Gasteiger partial charge on any atom is -0.508 e. The third-order valence-corrected chi connectivity index (χ3v) is 6.27. The number of amides is 1. The van der Waals surface area contributed by atoms with E-state index in [-0.39, 0.29) is 17.7 Å². The lowest BCUT2D eigenvalue weighted by molar-refractivity contribution is 0.0700. The van der Waals surface area contributed by atoms with Crippen molar-refractivity contribution in [2.24, 2.45) is 10.9 Å². The molecule has 2 aliphatic rings. The zero-order chi connectivity index (χ0) is 20.5. The highest BCUT2D eigenvalue weighted by Gasteiger charge is 2.32. The second kappa shape index (κ2) is 8.03. The predicted molar refractivity (Wildman–Crippen MR) is 117 cm³/mol. The molecule has 2 heterocycles. The number of likely N-dealkylation sites (tertiary alicyclic amines) is 1. The number of piperidine rings is 1. The smallest absolute Gasteiger partial charge is 0.255 e. The van der Waals surface area contributed by atoms with Gasteiger partial charge in [0, 0.05) is 18.8 Å². The number of phenolic OH excluding ortho intramolecular Hbond substituents is 1. The molecule has 150 valence electrons. The second-order valence-electron chi connectivity index (χ2n) is 7.90. The first-order chi connectivity index (χ1) is 13.9. The van der Waals surface area contributed by atoms with Crippen LogP contribution in [-0.4, -0.2) is 34.7 Å². The summed E-state index contributed by atoms with van der Waals surface area (Å²) >= 11 is 6.18. The van der Waals surface area contributed by atoms with Crippen LogP contribution >= 0.6 is 11.6 Å². The summed E-state index contributed by atoms with van der Waals surface area (Å²) in [7, 11) is 0. The molecular weight excluding hydrogens is 384 g/mol. The molecule has 0 saturated carbocycles. The number of aromatic hydroxyl groups is 1. The molecular formula is C24H25ClN2O2. The zero-order valence-electron chi connectivity index (χ0n) is 16.7. The molecule has 2 aromatic carbocycles. The SMILES string of the molecule is CC1=NC(c2ccccc2C)C(C2CCN(C(=O)c3cc(O)ccc3Cl)CC2)=C1. The fourth-order valence-electron chi connectivity index (χ4n) is 4.38. The molecule has 1 atom stereocenters. The summed E-state index contributed by atoms with van der Waals surface area (Å²) in [5.41, 5.74) is 5.31. The number of nitrogens with zero attached hydrogens (tertiary/aromatic N) is 2. The molecule has 4 nitrogen and oxygen atoms in total. The summed E-state index contributed by atoms with van der Waals surface area (Å²) in [6.45, 7) is 5.54. The number of hydrogen-bond donors (Lipinski definition) is 1. The maximum Gasteiger partial charge on any atom is 0.255 e. The molecule has 1 unspecified atom stereocenters. The van der Waals surface area contributed by atoms with E-state index in [9.17, 15) is 9.90 Å². The van der Waals surface area contributed by atoms with Gasteiger partial charge in [-0.2, -0.15) is 0 Å². The summed E-state index contributed by atoms with van der Waals surface area (Å²) in [6, 6.07) is 13.0. The summed E-state index contributed by atoms with van der Waals surface area (Å²) in [4.78, 5) is 19.6. The minimum atomic E-state index is -0.118. The number of benzene rings is 2. The van der Waals surface area contributed by atoms with E-state index in [0.29, 0.717) is 29.6 Å². The zero-order valence-corrected chi connectivity index (χ0v) is 17.5. The number of allylic oxidation sites excluding steroid dienone is 1. The maximum atomic E-state index is 12.9. The van der Waals surface area contributed by atoms with Crippen LogP contribution in [0, 0.1) is 12.8 Å². The molecule has 4 rings (SSSR count). The van der Waals surface area contributed by atoms with Crippen LogP contribution in [0.3, 0.4) is 0 Å². The van der Waals surface area contributed by atoms with Crippen molar-refractivity contribution in [3.8, 4) is 5.75 Å². The van der Waals surface area contributed by atoms with E-state index in [0.717, 1.165) is 18.6 Å². The normalized spacial score (nSPS) is 19.8. The third kappa shape index (κ3) is 3.95. The van der Waals surface area contributed by atoms with Gasteiger partial charge in [-0.15, -0.1) is 0 Å². The Morgan fingerprint density at radius 2 is 1.86 bits per heavy atom. The Morgan fingerprint density at radius 3 is 2.59 bits per heavy atom. The van der Waals surface area contributed by atoms with Gasteiger partial charge in [-0.1, -0.05) is 35.9 Å². The standard InChI is InChI=1S/C24H25ClN2O2/c1-15-5-3-4-6-19(15)23-20(13-16(2)26-23)17-9-11-27(12-10-17)24(29)21-14-18(28)7-8-22(21)25/h3-8,13-14,17,23,28H,9-12H2,1-2H3. The summed E-state index contributed by atoms with van der Waals surface area (Å²) < 4.78 is 0. The molecule has 0 spiro atoms. The van der Waals surface area contributed by atoms with Gasteiger partial charge in [0.25, 0.3) is 5.91 Å². The molecule has 0 radical (unpaired) electrons. The van der Waals surface area contributed by atoms with Crippen LogP contribution in [0.4, 0.5) is 0 Å². The van der Waals surface area contributed by atoms with Crippen molar-refractivity contribution >= 4 is 23.2 Å². The van der Waals surface area contributed by atoms with Gasteiger partial charge in [-0.3, -0.25) is 9.79 Å². The van der Waals surface area contributed by atoms with Gasteiger partial charge in [0.15, 0.2) is 0 Å². The van der Waals surface area contributed by atoms with E-state index in [1.165, 1.54) is 28.8 Å². The fourth-order valence-corrected chi connectivity index (χ4v) is 4.58. The van der Waals surface area contributed by atoms with Crippen LogP contribution in [0.5, 0.6) is 5.75 Å². The average Bonchev–Trinajstić information content (AvgIpc) is 3.11. The van der Waals surface area contributed by atoms with Crippen molar-refractivity contribution in [1.29, 1.82) is 0 Å². The average molecular weight is 409 g/mol. The van der Waals surface area contributed by atoms with E-state index in [1.807, 2.05) is 4.90 Å². The Hall–Kier alpha value is -2.59. The van der Waals surface area contributed by atoms with Crippen molar-refractivity contribution in [1.82, 2.24) is 4.90 Å². The highest BCUT2D eigenvalue weighted by atomic mass is 35.5. The summed E-state index contributed by atoms with van der Waals surface area (Å²) in [6.07, 6.45) is 4.03. The van der Waals surface area contributed by atoms with Crippen LogP contribution in [0.2, 0.25) is 5.02 Å². The van der Waals surface area contributed by atoms with Gasteiger partial charge in [-0.05, 0) is 73.6 Å². The Balaban J connectivity index is 1.48. The first-order valence-electron chi connectivity index (χ1n) is 10.0. The predicted octanol–water partition coefficient (Wildman–Crippen LogP) is 5.35. The summed E-state index contributed by atoms with van der Waals surface area (Å²) in [5, 5.41) is 10.1. The highest BCUT2D eigenvalue weighted by Crippen LogP contribution is 2.40. The highest BCUT2D eigenvalue weighted by molar-refractivity contribution is 6.33. The van der Waals surface area contributed by atoms with Crippen molar-refractivity contribution in [3.05, 3.63) is 75.8 Å². The molecule has 1 saturated heterocycles. The van der Waals surface area contributed by atoms with E-state index < -0.39 is 0 Å². The van der Waals surface area contributed by atoms with Crippen LogP contribution in [0.1, 0.15) is 47.3 Å². The van der Waals surface area contributed by atoms with Crippen molar-refractivity contribution in [2.75, 3.05) is 13.1 Å². The van der Waals surface area contributed by atoms with Gasteiger partial charge >= 0.3 is 0 Å². The molecule has 5 heteroatoms. The van der Waals surface area contributed by atoms with Crippen LogP contribution in [0.15, 0.2) is 59.1 Å². The molecule has 0 aliphatic carbocycles. The molecule has 1 N–H and O–H groups in total. The lowest BCUT2D eigenvalue weighted by atomic mass is 9.82. The quantitative estimate of drug-likeness (QED) is 0.744. The van der Waals surface area contributed by atoms with Gasteiger partial charge in [0.05, 0.1) is 16.6 Å². The van der Waals surface area contributed by atoms with Gasteiger partial charge < -0.3 is 10.0 Å². The monoisotopic (exact) mass is 408 g/mol. The lowest BCUT2D eigenvalue weighted by Gasteiger charge is -2.34. The van der Waals surface area contributed by atoms with Gasteiger partial charge in [0.2, 0.25) is 0 Å². The minimum absolute atomic E-state index is 0.0532. The number of rotatable bonds is 3. The molecule has 2 aliphatic heterocycles. The molecule has 0 aromatic heterocycles. The van der Waals surface area contributed by atoms with Crippen molar-refractivity contribution < 1.29 is 9.90 Å². The number of aliphatic imine (C=N–C) groups is 1. The number of hydrogen-bond acceptors (Lipinski definition) is 3. The van der Waals surface area contributed by atoms with E-state index in [2.05, 4.69) is 44.2 Å². The summed E-state index contributed by atoms with van der Waals surface area (Å²) in [5.74, 6) is 0.342. The van der Waals surface area contributed by atoms with Crippen molar-refractivity contribution in [2.45, 2.75) is 32.7 Å². The molecule has 0 bridgehead atoms. The molecule has 29 heavy (non-hydrogen) atoms. The Labute approximate surface area is 176 Å². The first-order valence-corrected chi connectivity index (χ1v) is 10.4. The molecule has 1 amide bonds. The van der Waals surface area contributed by atoms with Crippen molar-refractivity contribution in [3.63, 3.8) is 0 Å². The largest absolute Gasteiger partial charge is 0.508 e. The number of carbonyl (C=O) groups excluding carboxylic acids is 1. The van der Waals surface area contributed by atoms with Crippen LogP contribution < -0.4 is 0 Å². The topological polar surface area (TPSA) is 52.9 Å². The Bertz CT molecular complexity index is 1000. The lowest BCUT2D eigenvalue weighted by Crippen LogP contribution is -2.39. The van der Waals surface area contributed by atoms with Gasteiger partial charge in [-0.25, -0.2) is 0 Å². The van der Waals surface area contributed by atoms with E-state index in [1.54, 1.807) is 6.07 Å². The number of aryl methyl sites for hydroxylation is 1. The maximum absolute atomic E-state index is 12.9. The Morgan fingerprint density at radius 1 is 1.14 bits per heavy atom. The number of carbonyl (C=O) groups is 1. The Kier molecular flexibility index (Phi) is 5.46. The molecule has 2 aromatic rings. The third-order valence-electron chi connectivity index (χ3n) is 5.94. The molecule has 1 fully saturated rings. The second-order valence-corrected chi connectivity index (χ2v) is 8.31. The van der Waals surface area contributed by atoms with Crippen LogP contribution in [-0.2, 0) is 0 Å². The van der Waals surface area contributed by atoms with Crippen LogP contribution in [0.25, 0.3) is 0 Å². The van der Waals surface area contributed by atoms with Gasteiger partial charge in [0.1, 0.15) is 5.75 Å². The fraction of sp³-hybridized carbons (Fsp3) is 0.333. The number of halogens is 1. The first kappa shape index (κ1) is 19.7.